The van der Waals surface area contributed by atoms with Gasteiger partial charge in [0.1, 0.15) is 11.2 Å². The number of carbonyl (C=O) groups excluding carboxylic acids is 4. The number of hydrogen-bond acceptors (Lipinski definition) is 9. The zero-order valence-electron chi connectivity index (χ0n) is 18.4. The molecule has 172 valence electrons. The number of imidazole rings is 1. The van der Waals surface area contributed by atoms with Gasteiger partial charge in [-0.25, -0.2) is 4.98 Å². The summed E-state index contributed by atoms with van der Waals surface area (Å²) in [6.07, 6.45) is 2.97. The summed E-state index contributed by atoms with van der Waals surface area (Å²) in [6, 6.07) is 8.62. The van der Waals surface area contributed by atoms with Crippen molar-refractivity contribution in [3.05, 3.63) is 65.4 Å². The largest absolute Gasteiger partial charge is 1.00 e. The fourth-order valence-corrected chi connectivity index (χ4v) is 6.07. The number of nitrogens with one attached hydrogen (secondary N) is 2. The summed E-state index contributed by atoms with van der Waals surface area (Å²) in [7, 11) is 1.27. The van der Waals surface area contributed by atoms with Gasteiger partial charge in [-0.15, -0.1) is 11.8 Å². The number of amides is 2. The third kappa shape index (κ3) is 4.97. The third-order valence-corrected chi connectivity index (χ3v) is 7.58. The normalized spacial score (nSPS) is 21.3. The summed E-state index contributed by atoms with van der Waals surface area (Å²) < 4.78 is 5.39. The summed E-state index contributed by atoms with van der Waals surface area (Å²) in [4.78, 5) is 57.7. The molecule has 13 heteroatoms. The number of aliphatic carboxylic acids is 1. The molecule has 10 nitrogen and oxygen atoms in total. The van der Waals surface area contributed by atoms with E-state index in [1.807, 2.05) is 0 Å². The van der Waals surface area contributed by atoms with Gasteiger partial charge in [0.2, 0.25) is 11.0 Å². The van der Waals surface area contributed by atoms with E-state index >= 15 is 0 Å². The van der Waals surface area contributed by atoms with Gasteiger partial charge in [-0.05, 0) is 5.57 Å². The molecule has 1 aromatic carbocycles. The molecule has 1 unspecified atom stereocenters. The molecule has 2 atom stereocenters. The molecule has 3 heterocycles. The maximum atomic E-state index is 13.1. The Hall–Kier alpha value is -2.09. The molecule has 2 aromatic rings. The predicted octanol–water partition coefficient (Wildman–Crippen LogP) is -3.09. The first kappa shape index (κ1) is 26.5. The number of β-lactam (4-membered cyclic amide) rings is 1. The van der Waals surface area contributed by atoms with E-state index in [1.54, 1.807) is 36.5 Å². The number of hydrogen-bond donors (Lipinski definition) is 2. The van der Waals surface area contributed by atoms with E-state index in [4.69, 9.17) is 4.74 Å². The molecule has 0 spiro atoms. The molecule has 2 N–H and O–H groups in total. The first-order valence-corrected chi connectivity index (χ1v) is 11.9. The Kier molecular flexibility index (Phi) is 8.66. The van der Waals surface area contributed by atoms with Gasteiger partial charge in [-0.1, -0.05) is 42.1 Å². The number of methoxy groups -OCH3 is 1. The van der Waals surface area contributed by atoms with Crippen molar-refractivity contribution in [3.63, 3.8) is 0 Å². The number of nitrogens with zero attached hydrogens (tertiary/aromatic N) is 2. The first-order valence-electron chi connectivity index (χ1n) is 9.82. The fourth-order valence-electron chi connectivity index (χ4n) is 3.65. The number of rotatable bonds is 8. The summed E-state index contributed by atoms with van der Waals surface area (Å²) >= 11 is 2.20. The summed E-state index contributed by atoms with van der Waals surface area (Å²) in [5.41, 5.74) is -1.10. The van der Waals surface area contributed by atoms with Crippen LogP contribution in [0.2, 0.25) is 0 Å². The average Bonchev–Trinajstić information content (AvgIpc) is 3.33. The number of carbonyl (C=O) groups is 4. The van der Waals surface area contributed by atoms with Crippen LogP contribution in [0.3, 0.4) is 0 Å². The van der Waals surface area contributed by atoms with Crippen LogP contribution in [0.25, 0.3) is 0 Å². The number of ether oxygens (including phenoxy) is 1. The second-order valence-corrected chi connectivity index (χ2v) is 9.24. The topological polar surface area (TPSA) is 145 Å². The molecule has 0 aliphatic carbocycles. The molecule has 1 saturated heterocycles. The van der Waals surface area contributed by atoms with Crippen LogP contribution in [-0.2, 0) is 25.5 Å². The Balaban J connectivity index is 0.00000324. The fraction of sp³-hybridized carbons (Fsp3) is 0.286. The number of benzene rings is 1. The number of thioether (sulfide) groups is 2. The molecule has 1 aromatic heterocycles. The van der Waals surface area contributed by atoms with Gasteiger partial charge >= 0.3 is 29.6 Å². The first-order chi connectivity index (χ1) is 15.9. The predicted molar refractivity (Wildman–Crippen MR) is 119 cm³/mol. The molecule has 34 heavy (non-hydrogen) atoms. The monoisotopic (exact) mass is 510 g/mol. The Morgan fingerprint density at radius 3 is 2.71 bits per heavy atom. The minimum Gasteiger partial charge on any atom is -0.543 e. The number of carboxylic acid groups (broad SMARTS) is 1. The number of carboxylic acids is 1. The van der Waals surface area contributed by atoms with Crippen LogP contribution in [0.1, 0.15) is 16.2 Å². The number of aromatic amines is 1. The molecular weight excluding hydrogens is 491 g/mol. The van der Waals surface area contributed by atoms with Crippen LogP contribution in [0.5, 0.6) is 0 Å². The van der Waals surface area contributed by atoms with Gasteiger partial charge in [0.05, 0.1) is 18.1 Å². The summed E-state index contributed by atoms with van der Waals surface area (Å²) in [6.45, 7) is 0. The van der Waals surface area contributed by atoms with Crippen molar-refractivity contribution in [2.45, 2.75) is 17.5 Å². The van der Waals surface area contributed by atoms with Crippen LogP contribution in [0, 0.1) is 0 Å². The van der Waals surface area contributed by atoms with Crippen molar-refractivity contribution >= 4 is 46.4 Å². The Labute approximate surface area is 225 Å². The van der Waals surface area contributed by atoms with Crippen LogP contribution in [-0.4, -0.2) is 67.5 Å². The van der Waals surface area contributed by atoms with Crippen LogP contribution in [0.15, 0.2) is 54.0 Å². The van der Waals surface area contributed by atoms with Crippen molar-refractivity contribution in [3.8, 4) is 0 Å². The molecular formula is C21H19N4NaO6S2. The second-order valence-electron chi connectivity index (χ2n) is 7.22. The van der Waals surface area contributed by atoms with Gasteiger partial charge in [0.15, 0.2) is 0 Å². The maximum Gasteiger partial charge on any atom is 1.00 e. The van der Waals surface area contributed by atoms with E-state index < -0.39 is 28.9 Å². The van der Waals surface area contributed by atoms with Crippen molar-refractivity contribution in [1.29, 1.82) is 0 Å². The zero-order valence-corrected chi connectivity index (χ0v) is 22.0. The van der Waals surface area contributed by atoms with Crippen LogP contribution in [0.4, 0.5) is 0 Å². The van der Waals surface area contributed by atoms with Crippen molar-refractivity contribution in [1.82, 2.24) is 20.2 Å². The molecule has 2 aliphatic heterocycles. The number of aromatic nitrogens is 2. The number of fused-ring (bicyclic) bond motifs is 1. The van der Waals surface area contributed by atoms with Crippen LogP contribution < -0.4 is 40.0 Å². The second kappa shape index (κ2) is 11.1. The van der Waals surface area contributed by atoms with Gasteiger partial charge in [0.25, 0.3) is 11.6 Å². The zero-order chi connectivity index (χ0) is 23.6. The SMILES string of the molecule is COC1(NC(=O)Cc2ncc[nH]2)C(=O)N2C(C(=O)[O-])=C(CSC(=O)c3ccccc3)CS[C@H]21.[Na+]. The van der Waals surface area contributed by atoms with Gasteiger partial charge in [-0.3, -0.25) is 19.3 Å². The van der Waals surface area contributed by atoms with E-state index in [0.29, 0.717) is 17.0 Å². The molecule has 2 aliphatic rings. The molecule has 0 radical (unpaired) electrons. The number of H-pyrrole nitrogens is 1. The minimum absolute atomic E-state index is 0. The van der Waals surface area contributed by atoms with Gasteiger partial charge in [0, 0.05) is 36.6 Å². The molecule has 0 bridgehead atoms. The van der Waals surface area contributed by atoms with Crippen LogP contribution >= 0.6 is 23.5 Å². The van der Waals surface area contributed by atoms with Crippen molar-refractivity contribution in [2.75, 3.05) is 18.6 Å². The van der Waals surface area contributed by atoms with Gasteiger partial charge in [-0.2, -0.15) is 0 Å². The van der Waals surface area contributed by atoms with Gasteiger partial charge < -0.3 is 24.9 Å². The summed E-state index contributed by atoms with van der Waals surface area (Å²) in [5, 5.41) is 13.5. The van der Waals surface area contributed by atoms with E-state index in [9.17, 15) is 24.3 Å². The standard InChI is InChI=1S/C21H20N4O6S2.Na/c1-31-21(24-15(26)9-14-22-7-8-23-14)19(30)25-16(17(27)28)13(11-33-20(21)25)10-32-18(29)12-5-3-2-4-6-12;/h2-8,20H,9-11H2,1H3,(H,22,23)(H,24,26)(H,27,28);/q;+1/p-1/t20-,21?;/m0./s1. The van der Waals surface area contributed by atoms with E-state index in [0.717, 1.165) is 16.7 Å². The summed E-state index contributed by atoms with van der Waals surface area (Å²) in [5.74, 6) is -2.02. The molecule has 0 saturated carbocycles. The van der Waals surface area contributed by atoms with E-state index in [-0.39, 0.29) is 58.3 Å². The van der Waals surface area contributed by atoms with Crippen molar-refractivity contribution < 1.29 is 58.6 Å². The Bertz CT molecular complexity index is 1130. The Morgan fingerprint density at radius 1 is 1.35 bits per heavy atom. The quantitative estimate of drug-likeness (QED) is 0.214. The smallest absolute Gasteiger partial charge is 0.543 e. The third-order valence-electron chi connectivity index (χ3n) is 5.22. The minimum atomic E-state index is -1.70. The van der Waals surface area contributed by atoms with E-state index in [2.05, 4.69) is 15.3 Å². The molecule has 1 fully saturated rings. The molecule has 4 rings (SSSR count). The van der Waals surface area contributed by atoms with E-state index in [1.165, 1.54) is 25.1 Å². The molecule has 2 amide bonds. The Morgan fingerprint density at radius 2 is 2.09 bits per heavy atom. The maximum absolute atomic E-state index is 13.1. The average molecular weight is 511 g/mol. The van der Waals surface area contributed by atoms with Crippen molar-refractivity contribution in [2.24, 2.45) is 0 Å².